The van der Waals surface area contributed by atoms with Gasteiger partial charge in [0.15, 0.2) is 0 Å². The van der Waals surface area contributed by atoms with Crippen LogP contribution in [0.1, 0.15) is 33.6 Å². The predicted octanol–water partition coefficient (Wildman–Crippen LogP) is 2.46. The van der Waals surface area contributed by atoms with E-state index in [0.717, 1.165) is 19.4 Å². The second kappa shape index (κ2) is 4.22. The summed E-state index contributed by atoms with van der Waals surface area (Å²) < 4.78 is 13.4. The molecule has 0 aromatic rings. The zero-order chi connectivity index (χ0) is 9.14. The SMILES string of the molecule is CC[C@H]1CCN(C(C)C)C[C@@H]1F. The molecule has 0 bridgehead atoms. The molecular formula is C10H20FN. The number of alkyl halides is 1. The lowest BCUT2D eigenvalue weighted by Crippen LogP contribution is -2.44. The molecule has 0 spiro atoms. The van der Waals surface area contributed by atoms with Gasteiger partial charge in [-0.1, -0.05) is 13.3 Å². The topological polar surface area (TPSA) is 3.24 Å². The molecule has 2 heteroatoms. The van der Waals surface area contributed by atoms with Crippen molar-refractivity contribution in [3.63, 3.8) is 0 Å². The number of halogens is 1. The van der Waals surface area contributed by atoms with Crippen LogP contribution in [0.3, 0.4) is 0 Å². The Kier molecular flexibility index (Phi) is 3.51. The first-order valence-electron chi connectivity index (χ1n) is 5.03. The van der Waals surface area contributed by atoms with Crippen LogP contribution < -0.4 is 0 Å². The smallest absolute Gasteiger partial charge is 0.116 e. The molecule has 1 aliphatic heterocycles. The molecule has 1 fully saturated rings. The molecule has 0 saturated carbocycles. The molecule has 72 valence electrons. The van der Waals surface area contributed by atoms with Crippen molar-refractivity contribution < 1.29 is 4.39 Å². The minimum Gasteiger partial charge on any atom is -0.298 e. The van der Waals surface area contributed by atoms with E-state index in [1.807, 2.05) is 0 Å². The second-order valence-electron chi connectivity index (χ2n) is 4.06. The summed E-state index contributed by atoms with van der Waals surface area (Å²) in [5.74, 6) is 0.319. The average Bonchev–Trinajstić information content (AvgIpc) is 2.04. The summed E-state index contributed by atoms with van der Waals surface area (Å²) in [7, 11) is 0. The van der Waals surface area contributed by atoms with E-state index in [1.165, 1.54) is 0 Å². The summed E-state index contributed by atoms with van der Waals surface area (Å²) in [6, 6.07) is 0.501. The molecule has 0 aromatic heterocycles. The first-order chi connectivity index (χ1) is 5.65. The van der Waals surface area contributed by atoms with E-state index >= 15 is 0 Å². The minimum absolute atomic E-state index is 0.319. The van der Waals surface area contributed by atoms with E-state index < -0.39 is 6.17 Å². The number of nitrogens with zero attached hydrogens (tertiary/aromatic N) is 1. The number of rotatable bonds is 2. The lowest BCUT2D eigenvalue weighted by molar-refractivity contribution is 0.0638. The van der Waals surface area contributed by atoms with Gasteiger partial charge in [0.2, 0.25) is 0 Å². The lowest BCUT2D eigenvalue weighted by atomic mass is 9.92. The summed E-state index contributed by atoms with van der Waals surface area (Å²) in [6.45, 7) is 8.09. The van der Waals surface area contributed by atoms with Gasteiger partial charge in [-0.05, 0) is 32.7 Å². The van der Waals surface area contributed by atoms with Crippen molar-refractivity contribution in [1.82, 2.24) is 4.90 Å². The minimum atomic E-state index is -0.592. The fourth-order valence-electron chi connectivity index (χ4n) is 1.91. The van der Waals surface area contributed by atoms with Gasteiger partial charge in [-0.3, -0.25) is 4.90 Å². The number of likely N-dealkylation sites (tertiary alicyclic amines) is 1. The molecule has 1 nitrogen and oxygen atoms in total. The van der Waals surface area contributed by atoms with Crippen molar-refractivity contribution in [3.05, 3.63) is 0 Å². The molecule has 1 rings (SSSR count). The average molecular weight is 173 g/mol. The largest absolute Gasteiger partial charge is 0.298 e. The fraction of sp³-hybridized carbons (Fsp3) is 1.00. The summed E-state index contributed by atoms with van der Waals surface area (Å²) in [5, 5.41) is 0. The van der Waals surface area contributed by atoms with Gasteiger partial charge in [0.1, 0.15) is 6.17 Å². The van der Waals surface area contributed by atoms with Crippen molar-refractivity contribution in [1.29, 1.82) is 0 Å². The molecule has 1 heterocycles. The van der Waals surface area contributed by atoms with Crippen LogP contribution in [0.5, 0.6) is 0 Å². The molecule has 0 N–H and O–H groups in total. The zero-order valence-electron chi connectivity index (χ0n) is 8.39. The molecule has 0 amide bonds. The third kappa shape index (κ3) is 2.19. The predicted molar refractivity (Wildman–Crippen MR) is 50.0 cm³/mol. The normalized spacial score (nSPS) is 32.8. The summed E-state index contributed by atoms with van der Waals surface area (Å²) >= 11 is 0. The molecule has 2 atom stereocenters. The maximum absolute atomic E-state index is 13.4. The van der Waals surface area contributed by atoms with Gasteiger partial charge < -0.3 is 0 Å². The Hall–Kier alpha value is -0.110. The van der Waals surface area contributed by atoms with Crippen LogP contribution in [-0.4, -0.2) is 30.2 Å². The van der Waals surface area contributed by atoms with Crippen molar-refractivity contribution >= 4 is 0 Å². The molecule has 0 radical (unpaired) electrons. The van der Waals surface area contributed by atoms with Gasteiger partial charge in [0.25, 0.3) is 0 Å². The van der Waals surface area contributed by atoms with Crippen LogP contribution in [0, 0.1) is 5.92 Å². The highest BCUT2D eigenvalue weighted by molar-refractivity contribution is 4.80. The van der Waals surface area contributed by atoms with E-state index in [2.05, 4.69) is 25.7 Å². The number of hydrogen-bond acceptors (Lipinski definition) is 1. The number of piperidine rings is 1. The van der Waals surface area contributed by atoms with Crippen molar-refractivity contribution in [2.24, 2.45) is 5.92 Å². The molecule has 12 heavy (non-hydrogen) atoms. The van der Waals surface area contributed by atoms with Crippen molar-refractivity contribution in [2.75, 3.05) is 13.1 Å². The molecule has 0 aliphatic carbocycles. The molecule has 0 aromatic carbocycles. The molecule has 1 saturated heterocycles. The second-order valence-corrected chi connectivity index (χ2v) is 4.06. The molecule has 0 unspecified atom stereocenters. The highest BCUT2D eigenvalue weighted by Gasteiger charge is 2.28. The third-order valence-corrected chi connectivity index (χ3v) is 2.96. The third-order valence-electron chi connectivity index (χ3n) is 2.96. The quantitative estimate of drug-likeness (QED) is 0.620. The summed E-state index contributed by atoms with van der Waals surface area (Å²) in [4.78, 5) is 2.23. The van der Waals surface area contributed by atoms with Gasteiger partial charge in [-0.25, -0.2) is 4.39 Å². The van der Waals surface area contributed by atoms with E-state index in [4.69, 9.17) is 0 Å². The van der Waals surface area contributed by atoms with Crippen LogP contribution in [0.25, 0.3) is 0 Å². The van der Waals surface area contributed by atoms with Crippen LogP contribution in [0.4, 0.5) is 4.39 Å². The molecule has 1 aliphatic rings. The Morgan fingerprint density at radius 1 is 1.50 bits per heavy atom. The van der Waals surface area contributed by atoms with Gasteiger partial charge in [0, 0.05) is 12.6 Å². The van der Waals surface area contributed by atoms with Crippen LogP contribution in [-0.2, 0) is 0 Å². The Morgan fingerprint density at radius 3 is 2.58 bits per heavy atom. The van der Waals surface area contributed by atoms with E-state index in [9.17, 15) is 4.39 Å². The van der Waals surface area contributed by atoms with Crippen molar-refractivity contribution in [3.8, 4) is 0 Å². The zero-order valence-corrected chi connectivity index (χ0v) is 8.39. The Labute approximate surface area is 74.9 Å². The molecular weight excluding hydrogens is 153 g/mol. The highest BCUT2D eigenvalue weighted by atomic mass is 19.1. The first-order valence-corrected chi connectivity index (χ1v) is 5.03. The van der Waals surface area contributed by atoms with E-state index in [1.54, 1.807) is 0 Å². The fourth-order valence-corrected chi connectivity index (χ4v) is 1.91. The van der Waals surface area contributed by atoms with Gasteiger partial charge in [-0.2, -0.15) is 0 Å². The Bertz CT molecular complexity index is 136. The highest BCUT2D eigenvalue weighted by Crippen LogP contribution is 2.24. The monoisotopic (exact) mass is 173 g/mol. The van der Waals surface area contributed by atoms with Crippen molar-refractivity contribution in [2.45, 2.75) is 45.8 Å². The Balaban J connectivity index is 2.40. The van der Waals surface area contributed by atoms with E-state index in [0.29, 0.717) is 18.5 Å². The lowest BCUT2D eigenvalue weighted by Gasteiger charge is -2.36. The maximum Gasteiger partial charge on any atom is 0.116 e. The van der Waals surface area contributed by atoms with Crippen LogP contribution in [0.2, 0.25) is 0 Å². The van der Waals surface area contributed by atoms with Gasteiger partial charge in [-0.15, -0.1) is 0 Å². The van der Waals surface area contributed by atoms with Crippen LogP contribution >= 0.6 is 0 Å². The maximum atomic E-state index is 13.4. The first kappa shape index (κ1) is 9.97. The number of hydrogen-bond donors (Lipinski definition) is 0. The summed E-state index contributed by atoms with van der Waals surface area (Å²) in [6.07, 6.45) is 1.44. The van der Waals surface area contributed by atoms with E-state index in [-0.39, 0.29) is 0 Å². The van der Waals surface area contributed by atoms with Gasteiger partial charge in [0.05, 0.1) is 0 Å². The standard InChI is InChI=1S/C10H20FN/c1-4-9-5-6-12(8(2)3)7-10(9)11/h8-10H,4-7H2,1-3H3/t9-,10-/m0/s1. The van der Waals surface area contributed by atoms with Crippen LogP contribution in [0.15, 0.2) is 0 Å². The van der Waals surface area contributed by atoms with Gasteiger partial charge >= 0.3 is 0 Å². The summed E-state index contributed by atoms with van der Waals surface area (Å²) in [5.41, 5.74) is 0. The Morgan fingerprint density at radius 2 is 2.17 bits per heavy atom.